The molecule has 0 aliphatic heterocycles. The van der Waals surface area contributed by atoms with Gasteiger partial charge in [-0.05, 0) is 25.0 Å². The molecule has 102 valence electrons. The lowest BCUT2D eigenvalue weighted by Crippen LogP contribution is -2.09. The van der Waals surface area contributed by atoms with E-state index >= 15 is 0 Å². The van der Waals surface area contributed by atoms with E-state index in [0.29, 0.717) is 5.92 Å². The second-order valence-corrected chi connectivity index (χ2v) is 5.03. The summed E-state index contributed by atoms with van der Waals surface area (Å²) in [7, 11) is 0. The minimum atomic E-state index is -4.33. The van der Waals surface area contributed by atoms with Gasteiger partial charge in [0.05, 0.1) is 5.56 Å². The van der Waals surface area contributed by atoms with E-state index in [1.54, 1.807) is 4.40 Å². The lowest BCUT2D eigenvalue weighted by Gasteiger charge is -2.19. The van der Waals surface area contributed by atoms with E-state index in [2.05, 4.69) is 10.2 Å². The number of aromatic nitrogens is 3. The fourth-order valence-electron chi connectivity index (χ4n) is 2.72. The SMILES string of the molecule is FC(F)(F)c1ccn2c(C3CCCCC3)nnc2c1. The second kappa shape index (κ2) is 4.51. The Labute approximate surface area is 108 Å². The molecule has 1 aliphatic carbocycles. The molecule has 0 bridgehead atoms. The predicted molar refractivity (Wildman–Crippen MR) is 63.8 cm³/mol. The topological polar surface area (TPSA) is 30.2 Å². The Morgan fingerprint density at radius 3 is 2.53 bits per heavy atom. The van der Waals surface area contributed by atoms with Gasteiger partial charge in [-0.2, -0.15) is 13.2 Å². The van der Waals surface area contributed by atoms with Gasteiger partial charge in [0, 0.05) is 12.1 Å². The van der Waals surface area contributed by atoms with E-state index < -0.39 is 11.7 Å². The highest BCUT2D eigenvalue weighted by Gasteiger charge is 2.31. The Hall–Kier alpha value is -1.59. The first-order valence-electron chi connectivity index (χ1n) is 6.47. The number of pyridine rings is 1. The highest BCUT2D eigenvalue weighted by molar-refractivity contribution is 5.42. The van der Waals surface area contributed by atoms with Crippen molar-refractivity contribution in [1.82, 2.24) is 14.6 Å². The van der Waals surface area contributed by atoms with Gasteiger partial charge in [-0.1, -0.05) is 19.3 Å². The first-order valence-corrected chi connectivity index (χ1v) is 6.47. The zero-order chi connectivity index (χ0) is 13.5. The molecule has 2 aromatic rings. The molecule has 0 atom stereocenters. The van der Waals surface area contributed by atoms with Crippen LogP contribution in [0.1, 0.15) is 49.4 Å². The lowest BCUT2D eigenvalue weighted by atomic mass is 9.89. The molecule has 0 N–H and O–H groups in total. The molecule has 0 spiro atoms. The number of halogens is 3. The van der Waals surface area contributed by atoms with E-state index in [1.807, 2.05) is 0 Å². The van der Waals surface area contributed by atoms with Gasteiger partial charge in [-0.15, -0.1) is 10.2 Å². The van der Waals surface area contributed by atoms with E-state index in [9.17, 15) is 13.2 Å². The molecule has 2 aromatic heterocycles. The Balaban J connectivity index is 2.00. The van der Waals surface area contributed by atoms with E-state index in [-0.39, 0.29) is 5.65 Å². The largest absolute Gasteiger partial charge is 0.416 e. The molecular weight excluding hydrogens is 255 g/mol. The van der Waals surface area contributed by atoms with Gasteiger partial charge in [0.1, 0.15) is 5.82 Å². The summed E-state index contributed by atoms with van der Waals surface area (Å²) in [4.78, 5) is 0. The molecule has 1 fully saturated rings. The highest BCUT2D eigenvalue weighted by Crippen LogP contribution is 2.33. The summed E-state index contributed by atoms with van der Waals surface area (Å²) in [6.07, 6.45) is 2.72. The Morgan fingerprint density at radius 2 is 1.84 bits per heavy atom. The maximum Gasteiger partial charge on any atom is 0.416 e. The van der Waals surface area contributed by atoms with Crippen molar-refractivity contribution in [3.8, 4) is 0 Å². The van der Waals surface area contributed by atoms with Crippen molar-refractivity contribution in [2.75, 3.05) is 0 Å². The van der Waals surface area contributed by atoms with Crippen LogP contribution in [0, 0.1) is 0 Å². The van der Waals surface area contributed by atoms with Crippen molar-refractivity contribution < 1.29 is 13.2 Å². The maximum atomic E-state index is 12.6. The van der Waals surface area contributed by atoms with Crippen LogP contribution >= 0.6 is 0 Å². The van der Waals surface area contributed by atoms with Crippen LogP contribution < -0.4 is 0 Å². The van der Waals surface area contributed by atoms with Crippen molar-refractivity contribution in [3.05, 3.63) is 29.7 Å². The van der Waals surface area contributed by atoms with Crippen LogP contribution in [0.15, 0.2) is 18.3 Å². The average Bonchev–Trinajstić information content (AvgIpc) is 2.81. The van der Waals surface area contributed by atoms with Crippen LogP contribution in [-0.4, -0.2) is 14.6 Å². The van der Waals surface area contributed by atoms with Gasteiger partial charge >= 0.3 is 6.18 Å². The van der Waals surface area contributed by atoms with Crippen molar-refractivity contribution in [2.24, 2.45) is 0 Å². The van der Waals surface area contributed by atoms with Crippen LogP contribution in [0.5, 0.6) is 0 Å². The van der Waals surface area contributed by atoms with Gasteiger partial charge in [0.25, 0.3) is 0 Å². The third kappa shape index (κ3) is 2.31. The summed E-state index contributed by atoms with van der Waals surface area (Å²) in [5.41, 5.74) is -0.405. The summed E-state index contributed by atoms with van der Waals surface area (Å²) in [6, 6.07) is 2.14. The second-order valence-electron chi connectivity index (χ2n) is 5.03. The smallest absolute Gasteiger partial charge is 0.286 e. The van der Waals surface area contributed by atoms with Crippen molar-refractivity contribution >= 4 is 5.65 Å². The minimum Gasteiger partial charge on any atom is -0.286 e. The average molecular weight is 269 g/mol. The molecule has 6 heteroatoms. The molecule has 2 heterocycles. The Kier molecular flexibility index (Phi) is 2.95. The molecule has 0 saturated heterocycles. The quantitative estimate of drug-likeness (QED) is 0.788. The van der Waals surface area contributed by atoms with Crippen molar-refractivity contribution in [3.63, 3.8) is 0 Å². The summed E-state index contributed by atoms with van der Waals surface area (Å²) < 4.78 is 39.5. The molecular formula is C13H14F3N3. The predicted octanol–water partition coefficient (Wildman–Crippen LogP) is 3.80. The van der Waals surface area contributed by atoms with Gasteiger partial charge in [-0.25, -0.2) is 0 Å². The molecule has 0 amide bonds. The fourth-order valence-corrected chi connectivity index (χ4v) is 2.72. The number of fused-ring (bicyclic) bond motifs is 1. The van der Waals surface area contributed by atoms with E-state index in [4.69, 9.17) is 0 Å². The molecule has 3 rings (SSSR count). The lowest BCUT2D eigenvalue weighted by molar-refractivity contribution is -0.137. The minimum absolute atomic E-state index is 0.274. The summed E-state index contributed by atoms with van der Waals surface area (Å²) in [5, 5.41) is 7.97. The van der Waals surface area contributed by atoms with E-state index in [0.717, 1.165) is 43.6 Å². The highest BCUT2D eigenvalue weighted by atomic mass is 19.4. The van der Waals surface area contributed by atoms with Gasteiger partial charge in [-0.3, -0.25) is 4.40 Å². The number of alkyl halides is 3. The van der Waals surface area contributed by atoms with Crippen molar-refractivity contribution in [2.45, 2.75) is 44.2 Å². The number of hydrogen-bond acceptors (Lipinski definition) is 2. The number of nitrogens with zero attached hydrogens (tertiary/aromatic N) is 3. The molecule has 19 heavy (non-hydrogen) atoms. The normalized spacial score (nSPS) is 18.1. The van der Waals surface area contributed by atoms with Crippen LogP contribution in [0.3, 0.4) is 0 Å². The number of rotatable bonds is 1. The Morgan fingerprint density at radius 1 is 1.11 bits per heavy atom. The summed E-state index contributed by atoms with van der Waals surface area (Å²) in [5.74, 6) is 1.11. The summed E-state index contributed by atoms with van der Waals surface area (Å²) >= 11 is 0. The van der Waals surface area contributed by atoms with Crippen molar-refractivity contribution in [1.29, 1.82) is 0 Å². The van der Waals surface area contributed by atoms with Crippen LogP contribution in [-0.2, 0) is 6.18 Å². The van der Waals surface area contributed by atoms with E-state index in [1.165, 1.54) is 12.6 Å². The zero-order valence-electron chi connectivity index (χ0n) is 10.3. The molecule has 3 nitrogen and oxygen atoms in total. The standard InChI is InChI=1S/C13H14F3N3/c14-13(15,16)10-6-7-19-11(8-10)17-18-12(19)9-4-2-1-3-5-9/h6-9H,1-5H2. The third-order valence-corrected chi connectivity index (χ3v) is 3.73. The third-order valence-electron chi connectivity index (χ3n) is 3.73. The first-order chi connectivity index (χ1) is 9.05. The number of hydrogen-bond donors (Lipinski definition) is 0. The summed E-state index contributed by atoms with van der Waals surface area (Å²) in [6.45, 7) is 0. The Bertz CT molecular complexity index is 582. The van der Waals surface area contributed by atoms with Gasteiger partial charge < -0.3 is 0 Å². The van der Waals surface area contributed by atoms with Crippen LogP contribution in [0.25, 0.3) is 5.65 Å². The van der Waals surface area contributed by atoms with Crippen LogP contribution in [0.4, 0.5) is 13.2 Å². The monoisotopic (exact) mass is 269 g/mol. The first kappa shape index (κ1) is 12.4. The molecule has 0 aromatic carbocycles. The zero-order valence-corrected chi connectivity index (χ0v) is 10.3. The maximum absolute atomic E-state index is 12.6. The van der Waals surface area contributed by atoms with Gasteiger partial charge in [0.15, 0.2) is 5.65 Å². The van der Waals surface area contributed by atoms with Gasteiger partial charge in [0.2, 0.25) is 0 Å². The molecule has 1 aliphatic rings. The molecule has 0 radical (unpaired) electrons. The fraction of sp³-hybridized carbons (Fsp3) is 0.538. The molecule has 1 saturated carbocycles. The molecule has 0 unspecified atom stereocenters. The van der Waals surface area contributed by atoms with Crippen LogP contribution in [0.2, 0.25) is 0 Å².